The van der Waals surface area contributed by atoms with Crippen LogP contribution in [0.3, 0.4) is 0 Å². The molecule has 1 aromatic rings. The van der Waals surface area contributed by atoms with Crippen LogP contribution in [-0.2, 0) is 14.6 Å². The summed E-state index contributed by atoms with van der Waals surface area (Å²) >= 11 is 0. The quantitative estimate of drug-likeness (QED) is 0.751. The second-order valence-corrected chi connectivity index (χ2v) is 5.76. The fourth-order valence-corrected chi connectivity index (χ4v) is 2.09. The predicted octanol–water partition coefficient (Wildman–Crippen LogP) is -0.439. The maximum atomic E-state index is 11.7. The monoisotopic (exact) mass is 297 g/mol. The summed E-state index contributed by atoms with van der Waals surface area (Å²) in [6.45, 7) is -0.107. The van der Waals surface area contributed by atoms with Crippen molar-refractivity contribution >= 4 is 21.7 Å². The van der Waals surface area contributed by atoms with Crippen molar-refractivity contribution in [2.75, 3.05) is 12.8 Å². The summed E-state index contributed by atoms with van der Waals surface area (Å²) in [6, 6.07) is 4.05. The summed E-state index contributed by atoms with van der Waals surface area (Å²) in [6.07, 6.45) is 0.614. The Kier molecular flexibility index (Phi) is 4.77. The van der Waals surface area contributed by atoms with Gasteiger partial charge in [-0.05, 0) is 12.1 Å². The normalized spacial score (nSPS) is 10.6. The van der Waals surface area contributed by atoms with Gasteiger partial charge in [-0.1, -0.05) is 0 Å². The van der Waals surface area contributed by atoms with E-state index < -0.39 is 26.7 Å². The zero-order chi connectivity index (χ0) is 15.3. The number of nitrogens with one attached hydrogen (secondary N) is 1. The number of hydrogen-bond donors (Lipinski definition) is 2. The molecule has 1 amide bonds. The largest absolute Gasteiger partial charge is 0.481 e. The Hall–Kier alpha value is -2.47. The van der Waals surface area contributed by atoms with E-state index >= 15 is 0 Å². The lowest BCUT2D eigenvalue weighted by atomic mass is 10.2. The number of nitriles is 1. The molecule has 106 valence electrons. The van der Waals surface area contributed by atoms with Crippen molar-refractivity contribution < 1.29 is 23.1 Å². The number of aliphatic carboxylic acids is 1. The highest BCUT2D eigenvalue weighted by atomic mass is 32.2. The van der Waals surface area contributed by atoms with E-state index in [1.165, 1.54) is 12.1 Å². The molecule has 0 fully saturated rings. The molecular formula is C11H11N3O5S. The zero-order valence-corrected chi connectivity index (χ0v) is 11.3. The summed E-state index contributed by atoms with van der Waals surface area (Å²) in [5.74, 6) is -1.78. The molecule has 0 radical (unpaired) electrons. The van der Waals surface area contributed by atoms with Gasteiger partial charge in [0.2, 0.25) is 0 Å². The molecule has 0 aliphatic rings. The van der Waals surface area contributed by atoms with Crippen LogP contribution in [0.1, 0.15) is 22.5 Å². The van der Waals surface area contributed by atoms with Gasteiger partial charge < -0.3 is 10.4 Å². The van der Waals surface area contributed by atoms with Gasteiger partial charge in [-0.15, -0.1) is 0 Å². The number of hydrogen-bond acceptors (Lipinski definition) is 6. The number of sulfone groups is 1. The summed E-state index contributed by atoms with van der Waals surface area (Å²) in [4.78, 5) is 25.6. The number of carboxylic acids is 1. The minimum absolute atomic E-state index is 0.107. The Morgan fingerprint density at radius 3 is 2.60 bits per heavy atom. The lowest BCUT2D eigenvalue weighted by molar-refractivity contribution is -0.136. The molecule has 8 nitrogen and oxygen atoms in total. The van der Waals surface area contributed by atoms with Crippen LogP contribution in [0.2, 0.25) is 0 Å². The zero-order valence-electron chi connectivity index (χ0n) is 10.5. The van der Waals surface area contributed by atoms with Gasteiger partial charge in [0.05, 0.1) is 12.0 Å². The van der Waals surface area contributed by atoms with Crippen LogP contribution in [0.5, 0.6) is 0 Å². The van der Waals surface area contributed by atoms with Crippen molar-refractivity contribution in [3.63, 3.8) is 0 Å². The summed E-state index contributed by atoms with van der Waals surface area (Å²) < 4.78 is 22.9. The number of carboxylic acid groups (broad SMARTS) is 1. The SMILES string of the molecule is CS(=O)(=O)c1nc(C(=O)NCCC(=O)O)ccc1C#N. The third-order valence-corrected chi connectivity index (χ3v) is 3.20. The van der Waals surface area contributed by atoms with Crippen molar-refractivity contribution in [1.29, 1.82) is 5.26 Å². The molecule has 0 saturated heterocycles. The first-order valence-electron chi connectivity index (χ1n) is 5.37. The number of carbonyl (C=O) groups excluding carboxylic acids is 1. The maximum absolute atomic E-state index is 11.7. The van der Waals surface area contributed by atoms with E-state index in [4.69, 9.17) is 10.4 Å². The maximum Gasteiger partial charge on any atom is 0.305 e. The lowest BCUT2D eigenvalue weighted by Crippen LogP contribution is -2.27. The minimum atomic E-state index is -3.74. The summed E-state index contributed by atoms with van der Waals surface area (Å²) in [5, 5.41) is 19.0. The van der Waals surface area contributed by atoms with Crippen LogP contribution >= 0.6 is 0 Å². The van der Waals surface area contributed by atoms with Crippen LogP contribution in [0, 0.1) is 11.3 Å². The molecule has 0 saturated carbocycles. The molecule has 0 spiro atoms. The number of amides is 1. The average Bonchev–Trinajstić information content (AvgIpc) is 2.36. The second-order valence-electron chi connectivity index (χ2n) is 3.83. The molecule has 20 heavy (non-hydrogen) atoms. The van der Waals surface area contributed by atoms with E-state index in [2.05, 4.69) is 10.3 Å². The topological polar surface area (TPSA) is 137 Å². The van der Waals surface area contributed by atoms with E-state index in [0.29, 0.717) is 0 Å². The fraction of sp³-hybridized carbons (Fsp3) is 0.273. The molecule has 0 aliphatic carbocycles. The molecule has 0 atom stereocenters. The number of aromatic nitrogens is 1. The van der Waals surface area contributed by atoms with Gasteiger partial charge in [0.1, 0.15) is 11.8 Å². The number of nitrogens with zero attached hydrogens (tertiary/aromatic N) is 2. The molecule has 2 N–H and O–H groups in total. The van der Waals surface area contributed by atoms with Crippen molar-refractivity contribution in [2.24, 2.45) is 0 Å². The van der Waals surface area contributed by atoms with E-state index in [-0.39, 0.29) is 24.2 Å². The number of pyridine rings is 1. The fourth-order valence-electron chi connectivity index (χ4n) is 1.31. The molecule has 0 aromatic carbocycles. The van der Waals surface area contributed by atoms with E-state index in [1.807, 2.05) is 0 Å². The molecule has 0 aliphatic heterocycles. The number of rotatable bonds is 5. The van der Waals surface area contributed by atoms with Crippen LogP contribution in [0.15, 0.2) is 17.2 Å². The Morgan fingerprint density at radius 2 is 2.10 bits per heavy atom. The summed E-state index contributed by atoms with van der Waals surface area (Å²) in [7, 11) is -3.74. The standard InChI is InChI=1S/C11H11N3O5S/c1-20(18,19)11-7(6-12)2-3-8(14-11)10(17)13-5-4-9(15)16/h2-3H,4-5H2,1H3,(H,13,17)(H,15,16). The smallest absolute Gasteiger partial charge is 0.305 e. The average molecular weight is 297 g/mol. The number of carbonyl (C=O) groups is 2. The highest BCUT2D eigenvalue weighted by Gasteiger charge is 2.18. The van der Waals surface area contributed by atoms with Gasteiger partial charge in [0.15, 0.2) is 14.9 Å². The van der Waals surface area contributed by atoms with Gasteiger partial charge in [0.25, 0.3) is 5.91 Å². The molecule has 0 unspecified atom stereocenters. The molecule has 1 rings (SSSR count). The van der Waals surface area contributed by atoms with E-state index in [0.717, 1.165) is 6.26 Å². The Balaban J connectivity index is 3.01. The van der Waals surface area contributed by atoms with Crippen LogP contribution < -0.4 is 5.32 Å². The van der Waals surface area contributed by atoms with E-state index in [9.17, 15) is 18.0 Å². The van der Waals surface area contributed by atoms with Gasteiger partial charge in [-0.2, -0.15) is 5.26 Å². The van der Waals surface area contributed by atoms with Crippen LogP contribution in [-0.4, -0.2) is 43.2 Å². The first-order valence-corrected chi connectivity index (χ1v) is 7.26. The Morgan fingerprint density at radius 1 is 1.45 bits per heavy atom. The highest BCUT2D eigenvalue weighted by Crippen LogP contribution is 2.13. The van der Waals surface area contributed by atoms with Gasteiger partial charge in [-0.3, -0.25) is 9.59 Å². The molecular weight excluding hydrogens is 286 g/mol. The third-order valence-electron chi connectivity index (χ3n) is 2.19. The first-order chi connectivity index (χ1) is 9.25. The van der Waals surface area contributed by atoms with Gasteiger partial charge in [0, 0.05) is 12.8 Å². The van der Waals surface area contributed by atoms with Crippen molar-refractivity contribution in [3.05, 3.63) is 23.4 Å². The predicted molar refractivity (Wildman–Crippen MR) is 66.6 cm³/mol. The molecule has 1 aromatic heterocycles. The second kappa shape index (κ2) is 6.12. The molecule has 0 bridgehead atoms. The third kappa shape index (κ3) is 4.03. The Labute approximate surface area is 115 Å². The van der Waals surface area contributed by atoms with Gasteiger partial charge >= 0.3 is 5.97 Å². The van der Waals surface area contributed by atoms with Crippen molar-refractivity contribution in [1.82, 2.24) is 10.3 Å². The van der Waals surface area contributed by atoms with Crippen LogP contribution in [0.25, 0.3) is 0 Å². The summed E-state index contributed by atoms with van der Waals surface area (Å²) in [5.41, 5.74) is -0.357. The lowest BCUT2D eigenvalue weighted by Gasteiger charge is -2.05. The molecule has 9 heteroatoms. The highest BCUT2D eigenvalue weighted by molar-refractivity contribution is 7.90. The van der Waals surface area contributed by atoms with Crippen LogP contribution in [0.4, 0.5) is 0 Å². The Bertz CT molecular complexity index is 691. The first kappa shape index (κ1) is 15.6. The molecule has 1 heterocycles. The van der Waals surface area contributed by atoms with E-state index in [1.54, 1.807) is 6.07 Å². The minimum Gasteiger partial charge on any atom is -0.481 e. The van der Waals surface area contributed by atoms with Gasteiger partial charge in [-0.25, -0.2) is 13.4 Å². The van der Waals surface area contributed by atoms with Crippen molar-refractivity contribution in [2.45, 2.75) is 11.4 Å². The van der Waals surface area contributed by atoms with Crippen molar-refractivity contribution in [3.8, 4) is 6.07 Å².